The van der Waals surface area contributed by atoms with Crippen LogP contribution in [0.3, 0.4) is 0 Å². The monoisotopic (exact) mass is 562 g/mol. The van der Waals surface area contributed by atoms with Crippen molar-refractivity contribution in [2.45, 2.75) is 40.3 Å². The van der Waals surface area contributed by atoms with Gasteiger partial charge in [-0.25, -0.2) is 4.39 Å². The van der Waals surface area contributed by atoms with Crippen molar-refractivity contribution in [1.82, 2.24) is 0 Å². The largest absolute Gasteiger partial charge is 0.490 e. The van der Waals surface area contributed by atoms with Crippen LogP contribution in [0, 0.1) is 11.7 Å². The molecule has 0 aromatic heterocycles. The van der Waals surface area contributed by atoms with E-state index in [0.29, 0.717) is 47.6 Å². The van der Waals surface area contributed by atoms with Crippen molar-refractivity contribution < 1.29 is 18.7 Å². The van der Waals surface area contributed by atoms with E-state index in [9.17, 15) is 9.18 Å². The number of halogens is 3. The molecule has 0 saturated heterocycles. The third kappa shape index (κ3) is 8.15. The average Bonchev–Trinajstić information content (AvgIpc) is 2.78. The van der Waals surface area contributed by atoms with E-state index in [1.54, 1.807) is 6.07 Å². The Bertz CT molecular complexity index is 1170. The van der Waals surface area contributed by atoms with E-state index in [0.717, 1.165) is 21.4 Å². The second kappa shape index (κ2) is 12.8. The van der Waals surface area contributed by atoms with Crippen LogP contribution in [-0.2, 0) is 17.9 Å². The van der Waals surface area contributed by atoms with Crippen LogP contribution < -0.4 is 20.1 Å². The molecule has 3 aromatic carbocycles. The average molecular weight is 564 g/mol. The van der Waals surface area contributed by atoms with Crippen molar-refractivity contribution in [3.63, 3.8) is 0 Å². The topological polar surface area (TPSA) is 59.6 Å². The molecule has 186 valence electrons. The number of carbonyl (C=O) groups is 1. The summed E-state index contributed by atoms with van der Waals surface area (Å²) in [7, 11) is 0. The summed E-state index contributed by atoms with van der Waals surface area (Å²) in [4.78, 5) is 12.1. The van der Waals surface area contributed by atoms with Gasteiger partial charge in [-0.05, 0) is 76.8 Å². The maximum atomic E-state index is 13.3. The van der Waals surface area contributed by atoms with Crippen molar-refractivity contribution in [2.75, 3.05) is 17.2 Å². The molecule has 5 nitrogen and oxygen atoms in total. The SMILES string of the molecule is CCOc1cc(CNc2cccc(NC(=O)CC(C)C)c2)cc(Br)c1OCc1ccc(F)cc1Cl. The maximum absolute atomic E-state index is 13.3. The van der Waals surface area contributed by atoms with Gasteiger partial charge < -0.3 is 20.1 Å². The number of amides is 1. The molecule has 0 bridgehead atoms. The molecule has 2 N–H and O–H groups in total. The molecule has 8 heteroatoms. The Kier molecular flexibility index (Phi) is 9.81. The molecule has 0 aliphatic rings. The minimum Gasteiger partial charge on any atom is -0.490 e. The summed E-state index contributed by atoms with van der Waals surface area (Å²) >= 11 is 9.71. The highest BCUT2D eigenvalue weighted by molar-refractivity contribution is 9.10. The summed E-state index contributed by atoms with van der Waals surface area (Å²) < 4.78 is 25.9. The molecule has 0 fully saturated rings. The maximum Gasteiger partial charge on any atom is 0.224 e. The summed E-state index contributed by atoms with van der Waals surface area (Å²) in [5.41, 5.74) is 3.28. The predicted octanol–water partition coefficient (Wildman–Crippen LogP) is 7.82. The van der Waals surface area contributed by atoms with Crippen LogP contribution in [0.5, 0.6) is 11.5 Å². The first-order chi connectivity index (χ1) is 16.7. The third-order valence-electron chi connectivity index (χ3n) is 4.99. The van der Waals surface area contributed by atoms with Gasteiger partial charge in [0.2, 0.25) is 5.91 Å². The summed E-state index contributed by atoms with van der Waals surface area (Å²) in [6, 6.07) is 15.7. The van der Waals surface area contributed by atoms with Crippen molar-refractivity contribution >= 4 is 44.8 Å². The number of hydrogen-bond acceptors (Lipinski definition) is 4. The second-order valence-electron chi connectivity index (χ2n) is 8.44. The van der Waals surface area contributed by atoms with Gasteiger partial charge in [0.05, 0.1) is 16.1 Å². The molecular weight excluding hydrogens is 535 g/mol. The molecule has 0 atom stereocenters. The minimum atomic E-state index is -0.393. The van der Waals surface area contributed by atoms with E-state index in [1.165, 1.54) is 12.1 Å². The molecule has 1 amide bonds. The van der Waals surface area contributed by atoms with Crippen LogP contribution in [-0.4, -0.2) is 12.5 Å². The first-order valence-corrected chi connectivity index (χ1v) is 12.6. The van der Waals surface area contributed by atoms with Gasteiger partial charge in [-0.2, -0.15) is 0 Å². The number of ether oxygens (including phenoxy) is 2. The summed E-state index contributed by atoms with van der Waals surface area (Å²) in [6.07, 6.45) is 0.480. The number of hydrogen-bond donors (Lipinski definition) is 2. The highest BCUT2D eigenvalue weighted by atomic mass is 79.9. The number of nitrogens with one attached hydrogen (secondary N) is 2. The Morgan fingerprint density at radius 3 is 2.57 bits per heavy atom. The van der Waals surface area contributed by atoms with Gasteiger partial charge in [-0.3, -0.25) is 4.79 Å². The van der Waals surface area contributed by atoms with Crippen LogP contribution >= 0.6 is 27.5 Å². The van der Waals surface area contributed by atoms with E-state index >= 15 is 0 Å². The van der Waals surface area contributed by atoms with E-state index in [4.69, 9.17) is 21.1 Å². The lowest BCUT2D eigenvalue weighted by molar-refractivity contribution is -0.116. The van der Waals surface area contributed by atoms with Crippen molar-refractivity contribution in [3.05, 3.63) is 81.0 Å². The Morgan fingerprint density at radius 1 is 1.09 bits per heavy atom. The van der Waals surface area contributed by atoms with Crippen molar-refractivity contribution in [1.29, 1.82) is 0 Å². The van der Waals surface area contributed by atoms with E-state index in [-0.39, 0.29) is 12.5 Å². The zero-order valence-electron chi connectivity index (χ0n) is 20.0. The van der Waals surface area contributed by atoms with Gasteiger partial charge >= 0.3 is 0 Å². The fraction of sp³-hybridized carbons (Fsp3) is 0.296. The molecule has 3 aromatic rings. The van der Waals surface area contributed by atoms with Crippen LogP contribution in [0.2, 0.25) is 5.02 Å². The predicted molar refractivity (Wildman–Crippen MR) is 143 cm³/mol. The summed E-state index contributed by atoms with van der Waals surface area (Å²) in [5.74, 6) is 1.04. The highest BCUT2D eigenvalue weighted by Gasteiger charge is 2.14. The number of rotatable bonds is 11. The molecule has 0 radical (unpaired) electrons. The fourth-order valence-corrected chi connectivity index (χ4v) is 4.23. The van der Waals surface area contributed by atoms with Gasteiger partial charge in [0.15, 0.2) is 11.5 Å². The summed E-state index contributed by atoms with van der Waals surface area (Å²) in [5, 5.41) is 6.62. The molecule has 0 heterocycles. The third-order valence-corrected chi connectivity index (χ3v) is 5.93. The summed E-state index contributed by atoms with van der Waals surface area (Å²) in [6.45, 7) is 7.10. The van der Waals surface area contributed by atoms with Crippen LogP contribution in [0.15, 0.2) is 59.1 Å². The number of anilines is 2. The zero-order chi connectivity index (χ0) is 25.4. The lowest BCUT2D eigenvalue weighted by Crippen LogP contribution is -2.13. The standard InChI is InChI=1S/C27H29BrClFN2O3/c1-4-34-25-12-18(11-23(28)27(25)35-16-19-8-9-20(30)13-24(19)29)15-31-21-6-5-7-22(14-21)32-26(33)10-17(2)3/h5-9,11-14,17,31H,4,10,15-16H2,1-3H3,(H,32,33). The van der Waals surface area contributed by atoms with E-state index in [1.807, 2.05) is 57.2 Å². The molecule has 0 spiro atoms. The first kappa shape index (κ1) is 26.8. The fourth-order valence-electron chi connectivity index (χ4n) is 3.41. The van der Waals surface area contributed by atoms with Crippen LogP contribution in [0.4, 0.5) is 15.8 Å². The van der Waals surface area contributed by atoms with Gasteiger partial charge in [0.25, 0.3) is 0 Å². The van der Waals surface area contributed by atoms with Gasteiger partial charge in [0, 0.05) is 29.9 Å². The smallest absolute Gasteiger partial charge is 0.224 e. The lowest BCUT2D eigenvalue weighted by atomic mass is 10.1. The Balaban J connectivity index is 1.69. The Hall–Kier alpha value is -2.77. The zero-order valence-corrected chi connectivity index (χ0v) is 22.3. The van der Waals surface area contributed by atoms with E-state index in [2.05, 4.69) is 26.6 Å². The number of carbonyl (C=O) groups excluding carboxylic acids is 1. The van der Waals surface area contributed by atoms with E-state index < -0.39 is 5.82 Å². The van der Waals surface area contributed by atoms with Gasteiger partial charge in [-0.15, -0.1) is 0 Å². The molecule has 3 rings (SSSR count). The number of benzene rings is 3. The molecule has 0 aliphatic heterocycles. The highest BCUT2D eigenvalue weighted by Crippen LogP contribution is 2.38. The molecule has 0 aliphatic carbocycles. The van der Waals surface area contributed by atoms with Crippen LogP contribution in [0.1, 0.15) is 38.3 Å². The molecular formula is C27H29BrClFN2O3. The second-order valence-corrected chi connectivity index (χ2v) is 9.70. The molecule has 35 heavy (non-hydrogen) atoms. The van der Waals surface area contributed by atoms with Gasteiger partial charge in [0.1, 0.15) is 12.4 Å². The van der Waals surface area contributed by atoms with Crippen molar-refractivity contribution in [3.8, 4) is 11.5 Å². The normalized spacial score (nSPS) is 10.8. The Morgan fingerprint density at radius 2 is 1.86 bits per heavy atom. The quantitative estimate of drug-likeness (QED) is 0.250. The first-order valence-electron chi connectivity index (χ1n) is 11.4. The molecule has 0 saturated carbocycles. The van der Waals surface area contributed by atoms with Crippen molar-refractivity contribution in [2.24, 2.45) is 5.92 Å². The lowest BCUT2D eigenvalue weighted by Gasteiger charge is -2.17. The minimum absolute atomic E-state index is 0.0000460. The Labute approximate surface area is 219 Å². The van der Waals surface area contributed by atoms with Crippen LogP contribution in [0.25, 0.3) is 0 Å². The molecule has 0 unspecified atom stereocenters. The van der Waals surface area contributed by atoms with Gasteiger partial charge in [-0.1, -0.05) is 37.6 Å².